The Kier molecular flexibility index (Phi) is 5.64. The van der Waals surface area contributed by atoms with Gasteiger partial charge in [0.15, 0.2) is 0 Å². The number of hydrogen-bond donors (Lipinski definition) is 1. The Morgan fingerprint density at radius 3 is 2.31 bits per heavy atom. The first-order chi connectivity index (χ1) is 12.4. The molecule has 1 heterocycles. The number of rotatable bonds is 5. The molecule has 0 unspecified atom stereocenters. The van der Waals surface area contributed by atoms with Crippen molar-refractivity contribution < 1.29 is 18.3 Å². The Morgan fingerprint density at radius 1 is 1.04 bits per heavy atom. The lowest BCUT2D eigenvalue weighted by atomic mass is 10.1. The van der Waals surface area contributed by atoms with Gasteiger partial charge in [-0.1, -0.05) is 28.1 Å². The summed E-state index contributed by atoms with van der Waals surface area (Å²) in [4.78, 5) is 13.2. The average molecular weight is 439 g/mol. The molecule has 0 aliphatic carbocycles. The van der Waals surface area contributed by atoms with Gasteiger partial charge in [-0.25, -0.2) is 8.42 Å². The predicted octanol–water partition coefficient (Wildman–Crippen LogP) is 2.59. The van der Waals surface area contributed by atoms with E-state index in [0.717, 1.165) is 15.7 Å². The van der Waals surface area contributed by atoms with Crippen molar-refractivity contribution in [2.75, 3.05) is 31.1 Å². The van der Waals surface area contributed by atoms with Gasteiger partial charge >= 0.3 is 5.97 Å². The van der Waals surface area contributed by atoms with Gasteiger partial charge in [0.1, 0.15) is 0 Å². The summed E-state index contributed by atoms with van der Waals surface area (Å²) in [7, 11) is -3.50. The van der Waals surface area contributed by atoms with Crippen molar-refractivity contribution in [1.82, 2.24) is 4.31 Å². The van der Waals surface area contributed by atoms with E-state index in [4.69, 9.17) is 5.11 Å². The lowest BCUT2D eigenvalue weighted by Gasteiger charge is -2.35. The van der Waals surface area contributed by atoms with Crippen LogP contribution >= 0.6 is 15.9 Å². The zero-order valence-corrected chi connectivity index (χ0v) is 16.4. The van der Waals surface area contributed by atoms with Crippen molar-refractivity contribution in [2.45, 2.75) is 11.3 Å². The molecule has 1 saturated heterocycles. The standard InChI is InChI=1S/C18H19BrN2O4S/c19-15-4-6-17(7-5-15)26(24,25)21-10-8-20(9-11-21)16-3-1-2-14(12-16)13-18(22)23/h1-7,12H,8-11,13H2,(H,22,23). The van der Waals surface area contributed by atoms with Gasteiger partial charge < -0.3 is 10.0 Å². The SMILES string of the molecule is O=C(O)Cc1cccc(N2CCN(S(=O)(=O)c3ccc(Br)cc3)CC2)c1. The summed E-state index contributed by atoms with van der Waals surface area (Å²) in [6, 6.07) is 14.0. The van der Waals surface area contributed by atoms with E-state index in [2.05, 4.69) is 20.8 Å². The van der Waals surface area contributed by atoms with E-state index in [1.807, 2.05) is 18.2 Å². The van der Waals surface area contributed by atoms with Crippen molar-refractivity contribution >= 4 is 37.6 Å². The highest BCUT2D eigenvalue weighted by molar-refractivity contribution is 9.10. The summed E-state index contributed by atoms with van der Waals surface area (Å²) in [6.45, 7) is 1.90. The van der Waals surface area contributed by atoms with E-state index in [-0.39, 0.29) is 11.3 Å². The van der Waals surface area contributed by atoms with Crippen LogP contribution in [0.4, 0.5) is 5.69 Å². The second-order valence-electron chi connectivity index (χ2n) is 6.09. The number of hydrogen-bond acceptors (Lipinski definition) is 4. The van der Waals surface area contributed by atoms with Gasteiger partial charge in [-0.15, -0.1) is 0 Å². The smallest absolute Gasteiger partial charge is 0.307 e. The average Bonchev–Trinajstić information content (AvgIpc) is 2.62. The summed E-state index contributed by atoms with van der Waals surface area (Å²) < 4.78 is 27.8. The molecule has 0 aromatic heterocycles. The van der Waals surface area contributed by atoms with Gasteiger partial charge in [-0.3, -0.25) is 4.79 Å². The molecule has 1 aliphatic rings. The molecule has 0 radical (unpaired) electrons. The number of benzene rings is 2. The normalized spacial score (nSPS) is 15.8. The highest BCUT2D eigenvalue weighted by Crippen LogP contribution is 2.23. The van der Waals surface area contributed by atoms with E-state index in [1.54, 1.807) is 30.3 Å². The van der Waals surface area contributed by atoms with Crippen LogP contribution in [-0.2, 0) is 21.2 Å². The van der Waals surface area contributed by atoms with E-state index in [0.29, 0.717) is 26.2 Å². The Balaban J connectivity index is 1.69. The molecule has 2 aromatic carbocycles. The molecule has 0 atom stereocenters. The minimum absolute atomic E-state index is 0.0221. The quantitative estimate of drug-likeness (QED) is 0.775. The van der Waals surface area contributed by atoms with Crippen LogP contribution in [0.15, 0.2) is 57.9 Å². The fourth-order valence-corrected chi connectivity index (χ4v) is 4.67. The number of carboxylic acids is 1. The third kappa shape index (κ3) is 4.25. The molecule has 0 saturated carbocycles. The van der Waals surface area contributed by atoms with Crippen LogP contribution in [0.2, 0.25) is 0 Å². The number of carbonyl (C=O) groups is 1. The number of sulfonamides is 1. The van der Waals surface area contributed by atoms with Crippen molar-refractivity contribution in [3.05, 3.63) is 58.6 Å². The number of carboxylic acid groups (broad SMARTS) is 1. The molecule has 1 fully saturated rings. The molecule has 0 bridgehead atoms. The molecule has 3 rings (SSSR count). The van der Waals surface area contributed by atoms with E-state index < -0.39 is 16.0 Å². The molecular formula is C18H19BrN2O4S. The maximum absolute atomic E-state index is 12.7. The first-order valence-corrected chi connectivity index (χ1v) is 10.4. The summed E-state index contributed by atoms with van der Waals surface area (Å²) in [5.74, 6) is -0.868. The van der Waals surface area contributed by atoms with Crippen molar-refractivity contribution in [3.8, 4) is 0 Å². The predicted molar refractivity (Wildman–Crippen MR) is 103 cm³/mol. The van der Waals surface area contributed by atoms with Crippen molar-refractivity contribution in [2.24, 2.45) is 0 Å². The Hall–Kier alpha value is -1.90. The van der Waals surface area contributed by atoms with Crippen LogP contribution in [0.3, 0.4) is 0 Å². The van der Waals surface area contributed by atoms with E-state index in [1.165, 1.54) is 4.31 Å². The number of anilines is 1. The van der Waals surface area contributed by atoms with E-state index >= 15 is 0 Å². The van der Waals surface area contributed by atoms with Crippen LogP contribution in [0, 0.1) is 0 Å². The van der Waals surface area contributed by atoms with Crippen LogP contribution < -0.4 is 4.90 Å². The molecule has 0 amide bonds. The van der Waals surface area contributed by atoms with Crippen LogP contribution in [0.1, 0.15) is 5.56 Å². The van der Waals surface area contributed by atoms with Crippen LogP contribution in [0.25, 0.3) is 0 Å². The zero-order chi connectivity index (χ0) is 18.7. The Bertz CT molecular complexity index is 892. The topological polar surface area (TPSA) is 77.9 Å². The largest absolute Gasteiger partial charge is 0.481 e. The van der Waals surface area contributed by atoms with Gasteiger partial charge in [0.2, 0.25) is 10.0 Å². The number of halogens is 1. The second-order valence-corrected chi connectivity index (χ2v) is 8.94. The number of aliphatic carboxylic acids is 1. The molecular weight excluding hydrogens is 420 g/mol. The molecule has 8 heteroatoms. The van der Waals surface area contributed by atoms with Crippen molar-refractivity contribution in [1.29, 1.82) is 0 Å². The highest BCUT2D eigenvalue weighted by atomic mass is 79.9. The van der Waals surface area contributed by atoms with Gasteiger partial charge in [0.25, 0.3) is 0 Å². The fraction of sp³-hybridized carbons (Fsp3) is 0.278. The van der Waals surface area contributed by atoms with E-state index in [9.17, 15) is 13.2 Å². The lowest BCUT2D eigenvalue weighted by Crippen LogP contribution is -2.48. The first-order valence-electron chi connectivity index (χ1n) is 8.18. The third-order valence-corrected chi connectivity index (χ3v) is 6.76. The van der Waals surface area contributed by atoms with Crippen LogP contribution in [0.5, 0.6) is 0 Å². The Morgan fingerprint density at radius 2 is 1.69 bits per heavy atom. The van der Waals surface area contributed by atoms with Gasteiger partial charge in [0.05, 0.1) is 11.3 Å². The maximum Gasteiger partial charge on any atom is 0.307 e. The lowest BCUT2D eigenvalue weighted by molar-refractivity contribution is -0.136. The Labute approximate surface area is 161 Å². The molecule has 26 heavy (non-hydrogen) atoms. The minimum atomic E-state index is -3.50. The van der Waals surface area contributed by atoms with Crippen molar-refractivity contribution in [3.63, 3.8) is 0 Å². The molecule has 0 spiro atoms. The summed E-state index contributed by atoms with van der Waals surface area (Å²) in [5, 5.41) is 8.93. The number of nitrogens with zero attached hydrogens (tertiary/aromatic N) is 2. The van der Waals surface area contributed by atoms with Gasteiger partial charge in [-0.2, -0.15) is 4.31 Å². The van der Waals surface area contributed by atoms with Crippen LogP contribution in [-0.4, -0.2) is 50.0 Å². The zero-order valence-electron chi connectivity index (χ0n) is 14.0. The minimum Gasteiger partial charge on any atom is -0.481 e. The first kappa shape index (κ1) is 18.9. The molecule has 1 aliphatic heterocycles. The van der Waals surface area contributed by atoms with Gasteiger partial charge in [-0.05, 0) is 42.0 Å². The summed E-state index contributed by atoms with van der Waals surface area (Å²) in [6.07, 6.45) is -0.0221. The fourth-order valence-electron chi connectivity index (χ4n) is 2.98. The summed E-state index contributed by atoms with van der Waals surface area (Å²) in [5.41, 5.74) is 1.66. The molecule has 138 valence electrons. The summed E-state index contributed by atoms with van der Waals surface area (Å²) >= 11 is 3.31. The van der Waals surface area contributed by atoms with Gasteiger partial charge in [0, 0.05) is 36.3 Å². The maximum atomic E-state index is 12.7. The second kappa shape index (κ2) is 7.77. The highest BCUT2D eigenvalue weighted by Gasteiger charge is 2.28. The number of piperazine rings is 1. The molecule has 2 aromatic rings. The molecule has 6 nitrogen and oxygen atoms in total. The third-order valence-electron chi connectivity index (χ3n) is 4.32. The molecule has 1 N–H and O–H groups in total. The monoisotopic (exact) mass is 438 g/mol.